The van der Waals surface area contributed by atoms with Gasteiger partial charge < -0.3 is 14.7 Å². The van der Waals surface area contributed by atoms with Gasteiger partial charge in [-0.15, -0.1) is 0 Å². The van der Waals surface area contributed by atoms with Crippen molar-refractivity contribution in [3.8, 4) is 0 Å². The second-order valence-corrected chi connectivity index (χ2v) is 6.10. The Morgan fingerprint density at radius 2 is 1.96 bits per heavy atom. The molecule has 3 rings (SSSR count). The molecule has 1 N–H and O–H groups in total. The van der Waals surface area contributed by atoms with Gasteiger partial charge in [-0.2, -0.15) is 0 Å². The van der Waals surface area contributed by atoms with Crippen LogP contribution in [-0.4, -0.2) is 35.2 Å². The van der Waals surface area contributed by atoms with Gasteiger partial charge in [0.25, 0.3) is 0 Å². The highest BCUT2D eigenvalue weighted by molar-refractivity contribution is 5.78. The predicted molar refractivity (Wildman–Crippen MR) is 87.5 cm³/mol. The quantitative estimate of drug-likeness (QED) is 0.905. The summed E-state index contributed by atoms with van der Waals surface area (Å²) in [6.45, 7) is 0.172. The van der Waals surface area contributed by atoms with Gasteiger partial charge in [-0.05, 0) is 30.2 Å². The van der Waals surface area contributed by atoms with Crippen LogP contribution in [0.1, 0.15) is 23.6 Å². The van der Waals surface area contributed by atoms with Gasteiger partial charge in [0.15, 0.2) is 0 Å². The van der Waals surface area contributed by atoms with Crippen molar-refractivity contribution in [2.24, 2.45) is 0 Å². The van der Waals surface area contributed by atoms with Crippen molar-refractivity contribution in [3.63, 3.8) is 0 Å². The lowest BCUT2D eigenvalue weighted by atomic mass is 10.0. The molecule has 1 fully saturated rings. The fraction of sp³-hybridized carbons (Fsp3) is 0.316. The number of ether oxygens (including phenoxy) is 1. The van der Waals surface area contributed by atoms with Crippen LogP contribution in [0.3, 0.4) is 0 Å². The molecule has 0 spiro atoms. The molecule has 0 aromatic heterocycles. The second kappa shape index (κ2) is 7.72. The van der Waals surface area contributed by atoms with Crippen LogP contribution < -0.4 is 0 Å². The third-order valence-corrected chi connectivity index (χ3v) is 4.25. The largest absolute Gasteiger partial charge is 0.391 e. The minimum Gasteiger partial charge on any atom is -0.391 e. The topological polar surface area (TPSA) is 49.8 Å². The Morgan fingerprint density at radius 1 is 1.20 bits per heavy atom. The Hall–Kier alpha value is -2.31. The third kappa shape index (κ3) is 4.21. The minimum atomic E-state index is -0.772. The first kappa shape index (κ1) is 17.5. The molecule has 1 aliphatic heterocycles. The average Bonchev–Trinajstić information content (AvgIpc) is 2.99. The Morgan fingerprint density at radius 3 is 2.72 bits per heavy atom. The first-order valence-electron chi connectivity index (χ1n) is 8.08. The number of aliphatic hydroxyl groups is 1. The van der Waals surface area contributed by atoms with Crippen LogP contribution in [0.2, 0.25) is 0 Å². The van der Waals surface area contributed by atoms with Crippen LogP contribution in [0.4, 0.5) is 8.78 Å². The van der Waals surface area contributed by atoms with E-state index in [-0.39, 0.29) is 37.6 Å². The van der Waals surface area contributed by atoms with Crippen molar-refractivity contribution >= 4 is 5.91 Å². The number of halogens is 2. The summed E-state index contributed by atoms with van der Waals surface area (Å²) in [7, 11) is 0. The van der Waals surface area contributed by atoms with Gasteiger partial charge in [-0.25, -0.2) is 8.78 Å². The van der Waals surface area contributed by atoms with Crippen molar-refractivity contribution in [1.29, 1.82) is 0 Å². The predicted octanol–water partition coefficient (Wildman–Crippen LogP) is 2.82. The van der Waals surface area contributed by atoms with Crippen LogP contribution in [-0.2, 0) is 16.1 Å². The van der Waals surface area contributed by atoms with Crippen molar-refractivity contribution in [2.75, 3.05) is 13.2 Å². The Kier molecular flexibility index (Phi) is 5.40. The Labute approximate surface area is 144 Å². The van der Waals surface area contributed by atoms with Gasteiger partial charge in [0.1, 0.15) is 18.2 Å². The molecule has 0 radical (unpaired) electrons. The van der Waals surface area contributed by atoms with Crippen LogP contribution in [0.5, 0.6) is 0 Å². The molecular weight excluding hydrogens is 328 g/mol. The number of aliphatic hydroxyl groups excluding tert-OH is 1. The normalized spacial score (nSPS) is 20.0. The monoisotopic (exact) mass is 347 g/mol. The lowest BCUT2D eigenvalue weighted by molar-refractivity contribution is -0.137. The number of rotatable bonds is 5. The number of hydrogen-bond acceptors (Lipinski definition) is 3. The van der Waals surface area contributed by atoms with Crippen molar-refractivity contribution in [1.82, 2.24) is 4.90 Å². The van der Waals surface area contributed by atoms with Gasteiger partial charge in [-0.3, -0.25) is 4.79 Å². The molecule has 1 saturated heterocycles. The van der Waals surface area contributed by atoms with Gasteiger partial charge in [0.2, 0.25) is 5.91 Å². The van der Waals surface area contributed by atoms with Gasteiger partial charge in [0, 0.05) is 12.1 Å². The van der Waals surface area contributed by atoms with E-state index in [2.05, 4.69) is 0 Å². The summed E-state index contributed by atoms with van der Waals surface area (Å²) in [5, 5.41) is 9.89. The summed E-state index contributed by atoms with van der Waals surface area (Å²) in [6.07, 6.45) is -0.601. The molecular formula is C19H19F2NO3. The smallest absolute Gasteiger partial charge is 0.249 e. The van der Waals surface area contributed by atoms with Crippen LogP contribution in [0.15, 0.2) is 48.5 Å². The number of hydrogen-bond donors (Lipinski definition) is 1. The number of likely N-dealkylation sites (tertiary alicyclic amines) is 1. The highest BCUT2D eigenvalue weighted by Gasteiger charge is 2.36. The molecule has 4 nitrogen and oxygen atoms in total. The molecule has 1 amide bonds. The lowest BCUT2D eigenvalue weighted by Crippen LogP contribution is -2.35. The second-order valence-electron chi connectivity index (χ2n) is 6.10. The molecule has 132 valence electrons. The maximum Gasteiger partial charge on any atom is 0.249 e. The van der Waals surface area contributed by atoms with E-state index >= 15 is 0 Å². The maximum atomic E-state index is 14.0. The van der Waals surface area contributed by atoms with Crippen LogP contribution in [0.25, 0.3) is 0 Å². The van der Waals surface area contributed by atoms with E-state index in [0.717, 1.165) is 23.8 Å². The molecule has 6 heteroatoms. The molecule has 2 atom stereocenters. The van der Waals surface area contributed by atoms with E-state index in [1.807, 2.05) is 30.3 Å². The molecule has 0 bridgehead atoms. The lowest BCUT2D eigenvalue weighted by Gasteiger charge is -2.25. The zero-order valence-electron chi connectivity index (χ0n) is 13.6. The SMILES string of the molecule is O=C(COCc1ccccc1)N1C[C@H](O)C[C@@H]1c1cc(F)ccc1F. The van der Waals surface area contributed by atoms with E-state index in [9.17, 15) is 18.7 Å². The fourth-order valence-corrected chi connectivity index (χ4v) is 3.07. The number of carbonyl (C=O) groups excluding carboxylic acids is 1. The van der Waals surface area contributed by atoms with Gasteiger partial charge in [0.05, 0.1) is 18.8 Å². The first-order chi connectivity index (χ1) is 12.0. The molecule has 0 aliphatic carbocycles. The third-order valence-electron chi connectivity index (χ3n) is 4.25. The average molecular weight is 347 g/mol. The summed E-state index contributed by atoms with van der Waals surface area (Å²) >= 11 is 0. The zero-order valence-corrected chi connectivity index (χ0v) is 13.6. The Balaban J connectivity index is 1.66. The molecule has 1 aliphatic rings. The van der Waals surface area contributed by atoms with Gasteiger partial charge in [-0.1, -0.05) is 30.3 Å². The Bertz CT molecular complexity index is 739. The molecule has 2 aromatic rings. The van der Waals surface area contributed by atoms with Crippen LogP contribution >= 0.6 is 0 Å². The fourth-order valence-electron chi connectivity index (χ4n) is 3.07. The van der Waals surface area contributed by atoms with Gasteiger partial charge >= 0.3 is 0 Å². The number of nitrogens with zero attached hydrogens (tertiary/aromatic N) is 1. The zero-order chi connectivity index (χ0) is 17.8. The van der Waals surface area contributed by atoms with E-state index in [4.69, 9.17) is 4.74 Å². The molecule has 2 aromatic carbocycles. The summed E-state index contributed by atoms with van der Waals surface area (Å²) in [4.78, 5) is 13.8. The minimum absolute atomic E-state index is 0.0768. The number of β-amino-alcohol motifs (C(OH)–C–C–N with tert-alkyl or cyclic N) is 1. The van der Waals surface area contributed by atoms with E-state index < -0.39 is 23.8 Å². The van der Waals surface area contributed by atoms with Crippen molar-refractivity contribution < 1.29 is 23.4 Å². The summed E-state index contributed by atoms with van der Waals surface area (Å²) in [5.74, 6) is -1.53. The molecule has 25 heavy (non-hydrogen) atoms. The standard InChI is InChI=1S/C19H19F2NO3/c20-14-6-7-17(21)16(8-14)18-9-15(23)10-22(18)19(24)12-25-11-13-4-2-1-3-5-13/h1-8,15,18,23H,9-12H2/t15-,18-/m1/s1. The summed E-state index contributed by atoms with van der Waals surface area (Å²) in [6, 6.07) is 11.8. The number of benzene rings is 2. The molecule has 0 saturated carbocycles. The van der Waals surface area contributed by atoms with Crippen molar-refractivity contribution in [3.05, 3.63) is 71.3 Å². The first-order valence-corrected chi connectivity index (χ1v) is 8.08. The number of carbonyl (C=O) groups is 1. The highest BCUT2D eigenvalue weighted by Crippen LogP contribution is 2.34. The number of amides is 1. The van der Waals surface area contributed by atoms with Crippen molar-refractivity contribution in [2.45, 2.75) is 25.2 Å². The van der Waals surface area contributed by atoms with E-state index in [1.54, 1.807) is 0 Å². The van der Waals surface area contributed by atoms with E-state index in [1.165, 1.54) is 4.90 Å². The maximum absolute atomic E-state index is 14.0. The van der Waals surface area contributed by atoms with E-state index in [0.29, 0.717) is 0 Å². The molecule has 0 unspecified atom stereocenters. The van der Waals surface area contributed by atoms with Crippen LogP contribution in [0, 0.1) is 11.6 Å². The molecule has 1 heterocycles. The summed E-state index contributed by atoms with van der Waals surface area (Å²) < 4.78 is 32.9. The summed E-state index contributed by atoms with van der Waals surface area (Å²) in [5.41, 5.74) is 1.01. The highest BCUT2D eigenvalue weighted by atomic mass is 19.1.